The van der Waals surface area contributed by atoms with Crippen LogP contribution in [0, 0.1) is 11.3 Å². The number of aromatic nitrogens is 2. The third-order valence-corrected chi connectivity index (χ3v) is 2.87. The van der Waals surface area contributed by atoms with E-state index >= 15 is 0 Å². The third-order valence-electron chi connectivity index (χ3n) is 2.87. The van der Waals surface area contributed by atoms with Crippen molar-refractivity contribution >= 4 is 5.91 Å². The van der Waals surface area contributed by atoms with Gasteiger partial charge in [-0.15, -0.1) is 0 Å². The van der Waals surface area contributed by atoms with Gasteiger partial charge in [0.25, 0.3) is 5.56 Å². The molecule has 1 aliphatic rings. The van der Waals surface area contributed by atoms with Crippen LogP contribution in [0.2, 0.25) is 0 Å². The molecule has 0 radical (unpaired) electrons. The zero-order valence-electron chi connectivity index (χ0n) is 10.5. The van der Waals surface area contributed by atoms with Crippen molar-refractivity contribution in [1.29, 1.82) is 5.26 Å². The summed E-state index contributed by atoms with van der Waals surface area (Å²) in [5, 5.41) is 18.3. The maximum Gasteiger partial charge on any atom is 0.267 e. The van der Waals surface area contributed by atoms with Crippen LogP contribution < -0.4 is 16.2 Å². The first kappa shape index (κ1) is 13.2. The Bertz CT molecular complexity index is 572. The van der Waals surface area contributed by atoms with Gasteiger partial charge in [0.1, 0.15) is 6.54 Å². The molecule has 2 rings (SSSR count). The van der Waals surface area contributed by atoms with Crippen molar-refractivity contribution < 1.29 is 4.79 Å². The van der Waals surface area contributed by atoms with Crippen molar-refractivity contribution in [3.63, 3.8) is 0 Å². The molecule has 0 atom stereocenters. The van der Waals surface area contributed by atoms with Gasteiger partial charge in [0.2, 0.25) is 5.91 Å². The van der Waals surface area contributed by atoms with Crippen molar-refractivity contribution in [1.82, 2.24) is 20.4 Å². The first-order valence-corrected chi connectivity index (χ1v) is 6.15. The second kappa shape index (κ2) is 6.11. The highest BCUT2D eigenvalue weighted by Crippen LogP contribution is 2.07. The molecule has 0 aromatic carbocycles. The molecule has 0 spiro atoms. The zero-order chi connectivity index (χ0) is 13.7. The van der Waals surface area contributed by atoms with Crippen molar-refractivity contribution in [2.75, 3.05) is 13.1 Å². The topological polar surface area (TPSA) is 99.8 Å². The highest BCUT2D eigenvalue weighted by Gasteiger charge is 2.14. The zero-order valence-corrected chi connectivity index (χ0v) is 10.5. The molecular formula is C12H15N5O2. The van der Waals surface area contributed by atoms with Crippen LogP contribution in [0.3, 0.4) is 0 Å². The van der Waals surface area contributed by atoms with Crippen LogP contribution >= 0.6 is 0 Å². The smallest absolute Gasteiger partial charge is 0.267 e. The Labute approximate surface area is 110 Å². The quantitative estimate of drug-likeness (QED) is 0.671. The number of hydrogen-bond acceptors (Lipinski definition) is 5. The Balaban J connectivity index is 2.06. The number of rotatable bonds is 4. The molecule has 0 aliphatic carbocycles. The minimum Gasteiger partial charge on any atom is -0.353 e. The molecule has 2 N–H and O–H groups in total. The summed E-state index contributed by atoms with van der Waals surface area (Å²) in [5.41, 5.74) is 1.48. The lowest BCUT2D eigenvalue weighted by Gasteiger charge is -2.16. The molecule has 0 unspecified atom stereocenters. The average Bonchev–Trinajstić information content (AvgIpc) is 2.40. The number of carbonyl (C=O) groups is 1. The molecule has 1 aromatic rings. The average molecular weight is 261 g/mol. The molecule has 7 nitrogen and oxygen atoms in total. The van der Waals surface area contributed by atoms with E-state index in [1.807, 2.05) is 6.07 Å². The Hall–Kier alpha value is -2.20. The second-order valence-corrected chi connectivity index (χ2v) is 4.30. The van der Waals surface area contributed by atoms with Gasteiger partial charge >= 0.3 is 0 Å². The van der Waals surface area contributed by atoms with E-state index in [2.05, 4.69) is 15.7 Å². The van der Waals surface area contributed by atoms with Crippen molar-refractivity contribution in [2.45, 2.75) is 25.9 Å². The van der Waals surface area contributed by atoms with Gasteiger partial charge in [0.05, 0.1) is 18.2 Å². The van der Waals surface area contributed by atoms with E-state index in [0.29, 0.717) is 13.1 Å². The molecule has 0 saturated carbocycles. The van der Waals surface area contributed by atoms with Gasteiger partial charge in [-0.25, -0.2) is 4.68 Å². The fourth-order valence-electron chi connectivity index (χ4n) is 1.92. The molecule has 19 heavy (non-hydrogen) atoms. The summed E-state index contributed by atoms with van der Waals surface area (Å²) in [4.78, 5) is 23.4. The summed E-state index contributed by atoms with van der Waals surface area (Å²) in [5.74, 6) is -0.307. The highest BCUT2D eigenvalue weighted by atomic mass is 16.2. The second-order valence-electron chi connectivity index (χ2n) is 4.30. The number of amides is 1. The number of nitrogens with one attached hydrogen (secondary N) is 2. The Morgan fingerprint density at radius 2 is 2.47 bits per heavy atom. The molecule has 0 fully saturated rings. The third kappa shape index (κ3) is 3.39. The predicted octanol–water partition coefficient (Wildman–Crippen LogP) is -1.08. The SMILES string of the molecule is N#CCCNC(=O)Cn1nc2c(cc1=O)CNCC2. The summed E-state index contributed by atoms with van der Waals surface area (Å²) in [6.45, 7) is 1.66. The van der Waals surface area contributed by atoms with E-state index in [-0.39, 0.29) is 24.4 Å². The summed E-state index contributed by atoms with van der Waals surface area (Å²) < 4.78 is 1.17. The van der Waals surface area contributed by atoms with Gasteiger partial charge < -0.3 is 10.6 Å². The largest absolute Gasteiger partial charge is 0.353 e. The molecule has 100 valence electrons. The molecular weight excluding hydrogens is 246 g/mol. The molecule has 1 amide bonds. The lowest BCUT2D eigenvalue weighted by molar-refractivity contribution is -0.121. The summed E-state index contributed by atoms with van der Waals surface area (Å²) >= 11 is 0. The fraction of sp³-hybridized carbons (Fsp3) is 0.500. The lowest BCUT2D eigenvalue weighted by Crippen LogP contribution is -2.36. The predicted molar refractivity (Wildman–Crippen MR) is 67.1 cm³/mol. The van der Waals surface area contributed by atoms with E-state index in [9.17, 15) is 9.59 Å². The number of nitrogens with zero attached hydrogens (tertiary/aromatic N) is 3. The number of nitriles is 1. The van der Waals surface area contributed by atoms with Gasteiger partial charge in [-0.2, -0.15) is 10.4 Å². The first-order chi connectivity index (χ1) is 9.20. The van der Waals surface area contributed by atoms with Gasteiger partial charge in [0.15, 0.2) is 0 Å². The minimum absolute atomic E-state index is 0.106. The maximum absolute atomic E-state index is 11.8. The standard InChI is InChI=1S/C12H15N5O2/c13-3-1-4-15-11(18)8-17-12(19)6-9-7-14-5-2-10(9)16-17/h6,14H,1-2,4-5,7-8H2,(H,15,18). The molecule has 1 aromatic heterocycles. The van der Waals surface area contributed by atoms with Crippen molar-refractivity contribution in [3.05, 3.63) is 27.7 Å². The maximum atomic E-state index is 11.8. The van der Waals surface area contributed by atoms with Gasteiger partial charge in [-0.1, -0.05) is 0 Å². The Morgan fingerprint density at radius 1 is 1.63 bits per heavy atom. The Morgan fingerprint density at radius 3 is 3.26 bits per heavy atom. The fourth-order valence-corrected chi connectivity index (χ4v) is 1.92. The summed E-state index contributed by atoms with van der Waals surface area (Å²) in [6.07, 6.45) is 1.01. The first-order valence-electron chi connectivity index (χ1n) is 6.15. The normalized spacial score (nSPS) is 13.4. The van der Waals surface area contributed by atoms with E-state index < -0.39 is 0 Å². The van der Waals surface area contributed by atoms with Crippen LogP contribution in [0.4, 0.5) is 0 Å². The van der Waals surface area contributed by atoms with E-state index in [1.165, 1.54) is 10.7 Å². The molecule has 0 saturated heterocycles. The van der Waals surface area contributed by atoms with Gasteiger partial charge in [-0.05, 0) is 5.56 Å². The van der Waals surface area contributed by atoms with Gasteiger partial charge in [-0.3, -0.25) is 9.59 Å². The van der Waals surface area contributed by atoms with E-state index in [0.717, 1.165) is 24.2 Å². The van der Waals surface area contributed by atoms with Gasteiger partial charge in [0, 0.05) is 32.1 Å². The van der Waals surface area contributed by atoms with Crippen LogP contribution in [0.25, 0.3) is 0 Å². The Kier molecular flexibility index (Phi) is 4.26. The van der Waals surface area contributed by atoms with Crippen LogP contribution in [0.1, 0.15) is 17.7 Å². The monoisotopic (exact) mass is 261 g/mol. The lowest BCUT2D eigenvalue weighted by atomic mass is 10.1. The minimum atomic E-state index is -0.307. The highest BCUT2D eigenvalue weighted by molar-refractivity contribution is 5.75. The number of carbonyl (C=O) groups excluding carboxylic acids is 1. The van der Waals surface area contributed by atoms with Crippen LogP contribution in [-0.2, 0) is 24.3 Å². The van der Waals surface area contributed by atoms with E-state index in [4.69, 9.17) is 5.26 Å². The summed E-state index contributed by atoms with van der Waals surface area (Å²) in [7, 11) is 0. The van der Waals surface area contributed by atoms with Crippen LogP contribution in [-0.4, -0.2) is 28.8 Å². The van der Waals surface area contributed by atoms with Crippen LogP contribution in [0.15, 0.2) is 10.9 Å². The van der Waals surface area contributed by atoms with Crippen LogP contribution in [0.5, 0.6) is 0 Å². The summed E-state index contributed by atoms with van der Waals surface area (Å²) in [6, 6.07) is 3.46. The molecule has 0 bridgehead atoms. The molecule has 7 heteroatoms. The van der Waals surface area contributed by atoms with E-state index in [1.54, 1.807) is 0 Å². The number of fused-ring (bicyclic) bond motifs is 1. The van der Waals surface area contributed by atoms with Crippen molar-refractivity contribution in [3.8, 4) is 6.07 Å². The number of hydrogen-bond donors (Lipinski definition) is 2. The molecule has 2 heterocycles. The molecule has 1 aliphatic heterocycles. The van der Waals surface area contributed by atoms with Crippen molar-refractivity contribution in [2.24, 2.45) is 0 Å².